The van der Waals surface area contributed by atoms with Gasteiger partial charge in [0.1, 0.15) is 0 Å². The number of benzene rings is 3. The summed E-state index contributed by atoms with van der Waals surface area (Å²) in [5.74, 6) is -0.254. The lowest BCUT2D eigenvalue weighted by Crippen LogP contribution is -2.24. The Morgan fingerprint density at radius 3 is 2.19 bits per heavy atom. The Morgan fingerprint density at radius 1 is 0.852 bits per heavy atom. The minimum absolute atomic E-state index is 0.254. The topological polar surface area (TPSA) is 35.5 Å². The quantitative estimate of drug-likeness (QED) is 0.598. The number of carbonyl (C=O) groups excluding carboxylic acids is 1. The number of rotatable bonds is 2. The molecular formula is C24H20O3. The molecule has 0 aromatic heterocycles. The van der Waals surface area contributed by atoms with Crippen molar-refractivity contribution in [2.45, 2.75) is 32.7 Å². The van der Waals surface area contributed by atoms with Gasteiger partial charge in [0.15, 0.2) is 5.60 Å². The van der Waals surface area contributed by atoms with Crippen LogP contribution in [0.2, 0.25) is 0 Å². The summed E-state index contributed by atoms with van der Waals surface area (Å²) in [6.07, 6.45) is 0. The predicted molar refractivity (Wildman–Crippen MR) is 103 cm³/mol. The minimum Gasteiger partial charge on any atom is -0.446 e. The SMILES string of the molecule is Cc1c2c(c3c(c1-c1ccccc1)[C@@](C)(c1ccccc1)OC3=O)COC2. The molecule has 5 rings (SSSR count). The Balaban J connectivity index is 1.91. The Kier molecular flexibility index (Phi) is 3.49. The first-order valence-electron chi connectivity index (χ1n) is 9.22. The monoisotopic (exact) mass is 356 g/mol. The van der Waals surface area contributed by atoms with Gasteiger partial charge in [-0.2, -0.15) is 0 Å². The lowest BCUT2D eigenvalue weighted by atomic mass is 9.77. The van der Waals surface area contributed by atoms with E-state index in [4.69, 9.17) is 9.47 Å². The van der Waals surface area contributed by atoms with E-state index in [0.717, 1.165) is 33.4 Å². The van der Waals surface area contributed by atoms with Gasteiger partial charge in [-0.3, -0.25) is 0 Å². The van der Waals surface area contributed by atoms with Crippen LogP contribution in [0.5, 0.6) is 0 Å². The molecule has 0 aliphatic carbocycles. The van der Waals surface area contributed by atoms with Crippen LogP contribution in [0.25, 0.3) is 11.1 Å². The first-order valence-corrected chi connectivity index (χ1v) is 9.22. The third-order valence-electron chi connectivity index (χ3n) is 5.85. The van der Waals surface area contributed by atoms with Crippen molar-refractivity contribution < 1.29 is 14.3 Å². The third-order valence-corrected chi connectivity index (χ3v) is 5.85. The molecule has 0 radical (unpaired) electrons. The molecule has 0 saturated carbocycles. The van der Waals surface area contributed by atoms with Gasteiger partial charge in [-0.15, -0.1) is 0 Å². The van der Waals surface area contributed by atoms with Gasteiger partial charge in [-0.25, -0.2) is 4.79 Å². The lowest BCUT2D eigenvalue weighted by molar-refractivity contribution is 0.0180. The molecule has 3 aromatic carbocycles. The molecular weight excluding hydrogens is 336 g/mol. The molecule has 2 aliphatic heterocycles. The van der Waals surface area contributed by atoms with E-state index >= 15 is 0 Å². The van der Waals surface area contributed by atoms with Gasteiger partial charge in [-0.05, 0) is 47.2 Å². The molecule has 3 heteroatoms. The molecule has 2 aliphatic rings. The molecule has 0 bridgehead atoms. The van der Waals surface area contributed by atoms with Crippen LogP contribution < -0.4 is 0 Å². The van der Waals surface area contributed by atoms with E-state index in [0.29, 0.717) is 18.8 Å². The highest BCUT2D eigenvalue weighted by atomic mass is 16.6. The first kappa shape index (κ1) is 16.3. The van der Waals surface area contributed by atoms with Crippen LogP contribution >= 0.6 is 0 Å². The van der Waals surface area contributed by atoms with Crippen molar-refractivity contribution in [2.24, 2.45) is 0 Å². The fraction of sp³-hybridized carbons (Fsp3) is 0.208. The second-order valence-corrected chi connectivity index (χ2v) is 7.35. The van der Waals surface area contributed by atoms with Gasteiger partial charge < -0.3 is 9.47 Å². The zero-order chi connectivity index (χ0) is 18.6. The summed E-state index contributed by atoms with van der Waals surface area (Å²) in [4.78, 5) is 13.0. The van der Waals surface area contributed by atoms with Crippen molar-refractivity contribution in [3.05, 3.63) is 94.0 Å². The normalized spacial score (nSPS) is 20.3. The van der Waals surface area contributed by atoms with Crippen LogP contribution in [0.15, 0.2) is 60.7 Å². The number of hydrogen-bond acceptors (Lipinski definition) is 3. The van der Waals surface area contributed by atoms with Gasteiger partial charge in [0.2, 0.25) is 0 Å². The number of fused-ring (bicyclic) bond motifs is 3. The number of cyclic esters (lactones) is 1. The largest absolute Gasteiger partial charge is 0.446 e. The van der Waals surface area contributed by atoms with Gasteiger partial charge in [0, 0.05) is 5.56 Å². The van der Waals surface area contributed by atoms with E-state index in [-0.39, 0.29) is 5.97 Å². The van der Waals surface area contributed by atoms with E-state index in [1.807, 2.05) is 55.5 Å². The van der Waals surface area contributed by atoms with E-state index in [1.54, 1.807) is 0 Å². The Morgan fingerprint density at radius 2 is 1.48 bits per heavy atom. The van der Waals surface area contributed by atoms with Crippen LogP contribution in [0.4, 0.5) is 0 Å². The Hall–Kier alpha value is -2.91. The van der Waals surface area contributed by atoms with Crippen molar-refractivity contribution in [3.8, 4) is 11.1 Å². The second kappa shape index (κ2) is 5.80. The minimum atomic E-state index is -0.818. The summed E-state index contributed by atoms with van der Waals surface area (Å²) in [6.45, 7) is 5.14. The van der Waals surface area contributed by atoms with Crippen LogP contribution in [0.1, 0.15) is 45.1 Å². The van der Waals surface area contributed by atoms with Crippen LogP contribution in [0, 0.1) is 6.92 Å². The fourth-order valence-electron chi connectivity index (χ4n) is 4.52. The van der Waals surface area contributed by atoms with Crippen molar-refractivity contribution in [1.29, 1.82) is 0 Å². The van der Waals surface area contributed by atoms with Crippen molar-refractivity contribution >= 4 is 5.97 Å². The molecule has 0 saturated heterocycles. The van der Waals surface area contributed by atoms with Crippen LogP contribution in [-0.2, 0) is 28.3 Å². The molecule has 3 aromatic rings. The summed E-state index contributed by atoms with van der Waals surface area (Å²) in [6, 6.07) is 20.3. The molecule has 134 valence electrons. The van der Waals surface area contributed by atoms with Crippen molar-refractivity contribution in [1.82, 2.24) is 0 Å². The summed E-state index contributed by atoms with van der Waals surface area (Å²) in [5.41, 5.74) is 7.30. The highest BCUT2D eigenvalue weighted by Crippen LogP contribution is 2.51. The Bertz CT molecular complexity index is 1050. The molecule has 3 nitrogen and oxygen atoms in total. The van der Waals surface area contributed by atoms with Crippen LogP contribution in [0.3, 0.4) is 0 Å². The summed E-state index contributed by atoms with van der Waals surface area (Å²) in [5, 5.41) is 0. The number of ether oxygens (including phenoxy) is 2. The molecule has 1 atom stereocenters. The predicted octanol–water partition coefficient (Wildman–Crippen LogP) is 5.13. The van der Waals surface area contributed by atoms with Gasteiger partial charge in [-0.1, -0.05) is 60.7 Å². The zero-order valence-corrected chi connectivity index (χ0v) is 15.4. The second-order valence-electron chi connectivity index (χ2n) is 7.35. The van der Waals surface area contributed by atoms with E-state index in [1.165, 1.54) is 5.56 Å². The lowest BCUT2D eigenvalue weighted by Gasteiger charge is -2.28. The summed E-state index contributed by atoms with van der Waals surface area (Å²) < 4.78 is 11.8. The molecule has 0 unspecified atom stereocenters. The average molecular weight is 356 g/mol. The number of esters is 1. The maximum Gasteiger partial charge on any atom is 0.340 e. The maximum absolute atomic E-state index is 13.0. The van der Waals surface area contributed by atoms with E-state index in [9.17, 15) is 4.79 Å². The third kappa shape index (κ3) is 2.22. The maximum atomic E-state index is 13.0. The molecule has 0 amide bonds. The fourth-order valence-corrected chi connectivity index (χ4v) is 4.52. The number of carbonyl (C=O) groups is 1. The summed E-state index contributed by atoms with van der Waals surface area (Å²) >= 11 is 0. The first-order chi connectivity index (χ1) is 13.1. The molecule has 0 spiro atoms. The van der Waals surface area contributed by atoms with Crippen molar-refractivity contribution in [2.75, 3.05) is 0 Å². The standard InChI is InChI=1S/C24H20O3/c1-15-18-13-26-14-19(18)21-22(20(15)16-9-5-3-6-10-16)24(2,27-23(21)25)17-11-7-4-8-12-17/h3-12H,13-14H2,1-2H3/t24-/m1/s1. The van der Waals surface area contributed by atoms with Crippen molar-refractivity contribution in [3.63, 3.8) is 0 Å². The average Bonchev–Trinajstić information content (AvgIpc) is 3.28. The summed E-state index contributed by atoms with van der Waals surface area (Å²) in [7, 11) is 0. The molecule has 0 fully saturated rings. The molecule has 27 heavy (non-hydrogen) atoms. The van der Waals surface area contributed by atoms with Gasteiger partial charge >= 0.3 is 5.97 Å². The zero-order valence-electron chi connectivity index (χ0n) is 15.4. The highest BCUT2D eigenvalue weighted by Gasteiger charge is 2.48. The van der Waals surface area contributed by atoms with E-state index < -0.39 is 5.60 Å². The molecule has 0 N–H and O–H groups in total. The Labute approximate surface area is 158 Å². The highest BCUT2D eigenvalue weighted by molar-refractivity contribution is 6.01. The van der Waals surface area contributed by atoms with Crippen LogP contribution in [-0.4, -0.2) is 5.97 Å². The smallest absolute Gasteiger partial charge is 0.340 e. The number of hydrogen-bond donors (Lipinski definition) is 0. The van der Waals surface area contributed by atoms with Gasteiger partial charge in [0.05, 0.1) is 18.8 Å². The van der Waals surface area contributed by atoms with E-state index in [2.05, 4.69) is 19.1 Å². The van der Waals surface area contributed by atoms with Gasteiger partial charge in [0.25, 0.3) is 0 Å². The molecule has 2 heterocycles.